The van der Waals surface area contributed by atoms with Crippen LogP contribution in [-0.2, 0) is 16.6 Å². The van der Waals surface area contributed by atoms with E-state index < -0.39 is 28.6 Å². The van der Waals surface area contributed by atoms with Gasteiger partial charge in [0.05, 0.1) is 16.9 Å². The van der Waals surface area contributed by atoms with Crippen molar-refractivity contribution >= 4 is 62.6 Å². The van der Waals surface area contributed by atoms with Crippen LogP contribution in [0.2, 0.25) is 0 Å². The van der Waals surface area contributed by atoms with Crippen LogP contribution < -0.4 is 27.4 Å². The molecule has 0 radical (unpaired) electrons. The van der Waals surface area contributed by atoms with Crippen molar-refractivity contribution in [3.8, 4) is 5.69 Å². The first-order valence-corrected chi connectivity index (χ1v) is 13.6. The lowest BCUT2D eigenvalue weighted by Crippen LogP contribution is -2.41. The standard InChI is InChI=1S/C26H23FIN5O4.C2H4O2/c1-13-22-21(23(31(3)24(13)35)30-20-10-7-15(28)11-19(20)27)25(36)33(17-8-9-17)26(37)32(22)18-6-4-5-16(12-18)29-14(2)34;1-2(3)4/h4-7,10-12,17,30H,8-9H2,1-3H3,(H,29,34);1H3,(H,3,4). The quantitative estimate of drug-likeness (QED) is 0.271. The van der Waals surface area contributed by atoms with Crippen molar-refractivity contribution in [1.82, 2.24) is 13.7 Å². The molecule has 1 saturated carbocycles. The highest BCUT2D eigenvalue weighted by atomic mass is 127. The van der Waals surface area contributed by atoms with Crippen molar-refractivity contribution < 1.29 is 19.1 Å². The van der Waals surface area contributed by atoms with E-state index in [4.69, 9.17) is 9.90 Å². The van der Waals surface area contributed by atoms with Crippen LogP contribution in [0.25, 0.3) is 16.6 Å². The number of carboxylic acids is 1. The molecule has 4 aromatic rings. The van der Waals surface area contributed by atoms with Gasteiger partial charge in [0.2, 0.25) is 5.91 Å². The monoisotopic (exact) mass is 675 g/mol. The topological polar surface area (TPSA) is 144 Å². The average Bonchev–Trinajstić information content (AvgIpc) is 3.71. The summed E-state index contributed by atoms with van der Waals surface area (Å²) < 4.78 is 19.3. The summed E-state index contributed by atoms with van der Waals surface area (Å²) >= 11 is 1.99. The molecule has 2 aromatic carbocycles. The Kier molecular flexibility index (Phi) is 8.47. The average molecular weight is 675 g/mol. The maximum Gasteiger partial charge on any atom is 0.336 e. The zero-order valence-electron chi connectivity index (χ0n) is 22.6. The van der Waals surface area contributed by atoms with E-state index in [0.717, 1.165) is 6.92 Å². The van der Waals surface area contributed by atoms with Crippen LogP contribution in [0.3, 0.4) is 0 Å². The molecule has 0 bridgehead atoms. The molecular weight excluding hydrogens is 648 g/mol. The Morgan fingerprint density at radius 1 is 1.05 bits per heavy atom. The van der Waals surface area contributed by atoms with Crippen molar-refractivity contribution in [3.05, 3.63) is 88.6 Å². The molecule has 0 spiro atoms. The van der Waals surface area contributed by atoms with E-state index >= 15 is 0 Å². The number of aryl methyl sites for hydroxylation is 1. The summed E-state index contributed by atoms with van der Waals surface area (Å²) in [5.74, 6) is -1.59. The fraction of sp³-hybridized carbons (Fsp3) is 0.250. The number of hydrogen-bond acceptors (Lipinski definition) is 6. The van der Waals surface area contributed by atoms with Crippen molar-refractivity contribution in [2.75, 3.05) is 10.6 Å². The van der Waals surface area contributed by atoms with Gasteiger partial charge in [0.1, 0.15) is 17.0 Å². The molecule has 41 heavy (non-hydrogen) atoms. The lowest BCUT2D eigenvalue weighted by Gasteiger charge is -2.21. The van der Waals surface area contributed by atoms with E-state index in [0.29, 0.717) is 27.8 Å². The summed E-state index contributed by atoms with van der Waals surface area (Å²) in [6.07, 6.45) is 1.34. The van der Waals surface area contributed by atoms with Crippen LogP contribution in [0, 0.1) is 16.3 Å². The summed E-state index contributed by atoms with van der Waals surface area (Å²) in [5.41, 5.74) is -0.351. The number of benzene rings is 2. The van der Waals surface area contributed by atoms with Gasteiger partial charge in [0, 0.05) is 41.8 Å². The minimum Gasteiger partial charge on any atom is -0.481 e. The largest absolute Gasteiger partial charge is 0.481 e. The Bertz CT molecular complexity index is 1890. The van der Waals surface area contributed by atoms with Crippen molar-refractivity contribution in [2.45, 2.75) is 39.7 Å². The number of carboxylic acid groups (broad SMARTS) is 1. The van der Waals surface area contributed by atoms with Crippen molar-refractivity contribution in [2.24, 2.45) is 7.05 Å². The number of halogens is 2. The van der Waals surface area contributed by atoms with E-state index in [2.05, 4.69) is 10.6 Å². The maximum atomic E-state index is 14.8. The maximum absolute atomic E-state index is 14.8. The first kappa shape index (κ1) is 29.7. The molecule has 1 aliphatic rings. The number of anilines is 3. The molecule has 2 aromatic heterocycles. The Hall–Kier alpha value is -4.27. The van der Waals surface area contributed by atoms with Gasteiger partial charge in [0.25, 0.3) is 17.1 Å². The molecule has 1 aliphatic carbocycles. The third kappa shape index (κ3) is 6.09. The number of carbonyl (C=O) groups excluding carboxylic acids is 1. The molecule has 0 unspecified atom stereocenters. The molecule has 5 rings (SSSR count). The molecule has 0 saturated heterocycles. The van der Waals surface area contributed by atoms with Crippen LogP contribution in [0.4, 0.5) is 21.6 Å². The van der Waals surface area contributed by atoms with Gasteiger partial charge < -0.3 is 15.7 Å². The van der Waals surface area contributed by atoms with Crippen LogP contribution in [0.1, 0.15) is 38.3 Å². The van der Waals surface area contributed by atoms with Crippen LogP contribution >= 0.6 is 22.6 Å². The van der Waals surface area contributed by atoms with Crippen LogP contribution in [-0.4, -0.2) is 30.7 Å². The summed E-state index contributed by atoms with van der Waals surface area (Å²) in [4.78, 5) is 61.6. The minimum atomic E-state index is -0.833. The van der Waals surface area contributed by atoms with Crippen LogP contribution in [0.5, 0.6) is 0 Å². The highest BCUT2D eigenvalue weighted by molar-refractivity contribution is 14.1. The van der Waals surface area contributed by atoms with Gasteiger partial charge in [-0.25, -0.2) is 9.18 Å². The Labute approximate surface area is 246 Å². The van der Waals surface area contributed by atoms with Gasteiger partial charge >= 0.3 is 5.69 Å². The number of aliphatic carboxylic acids is 1. The zero-order valence-corrected chi connectivity index (χ0v) is 24.8. The van der Waals surface area contributed by atoms with Gasteiger partial charge in [0.15, 0.2) is 0 Å². The molecule has 1 fully saturated rings. The summed E-state index contributed by atoms with van der Waals surface area (Å²) in [6, 6.07) is 10.9. The molecule has 0 atom stereocenters. The Balaban J connectivity index is 0.000000909. The third-order valence-electron chi connectivity index (χ3n) is 6.36. The van der Waals surface area contributed by atoms with E-state index in [1.807, 2.05) is 22.6 Å². The summed E-state index contributed by atoms with van der Waals surface area (Å²) in [5, 5.41) is 13.1. The molecule has 3 N–H and O–H groups in total. The van der Waals surface area contributed by atoms with Crippen LogP contribution in [0.15, 0.2) is 56.8 Å². The van der Waals surface area contributed by atoms with E-state index in [-0.39, 0.29) is 39.9 Å². The molecule has 11 nitrogen and oxygen atoms in total. The molecule has 2 heterocycles. The van der Waals surface area contributed by atoms with Gasteiger partial charge in [-0.1, -0.05) is 6.07 Å². The minimum absolute atomic E-state index is 0.0804. The number of hydrogen-bond donors (Lipinski definition) is 3. The molecular formula is C28H27FIN5O6. The predicted octanol–water partition coefficient (Wildman–Crippen LogP) is 4.03. The second kappa shape index (κ2) is 11.7. The number of fused-ring (bicyclic) bond motifs is 1. The van der Waals surface area contributed by atoms with Crippen molar-refractivity contribution in [3.63, 3.8) is 0 Å². The highest BCUT2D eigenvalue weighted by Gasteiger charge is 2.31. The number of amides is 1. The summed E-state index contributed by atoms with van der Waals surface area (Å²) in [7, 11) is 1.50. The van der Waals surface area contributed by atoms with Gasteiger partial charge in [-0.3, -0.25) is 32.9 Å². The van der Waals surface area contributed by atoms with E-state index in [1.165, 1.54) is 39.8 Å². The van der Waals surface area contributed by atoms with Gasteiger partial charge in [-0.2, -0.15) is 0 Å². The number of carbonyl (C=O) groups is 2. The smallest absolute Gasteiger partial charge is 0.336 e. The lowest BCUT2D eigenvalue weighted by molar-refractivity contribution is -0.134. The second-order valence-corrected chi connectivity index (χ2v) is 10.8. The number of rotatable bonds is 5. The Morgan fingerprint density at radius 3 is 2.29 bits per heavy atom. The highest BCUT2D eigenvalue weighted by Crippen LogP contribution is 2.34. The summed E-state index contributed by atoms with van der Waals surface area (Å²) in [6.45, 7) is 4.01. The zero-order chi connectivity index (χ0) is 30.2. The van der Waals surface area contributed by atoms with E-state index in [9.17, 15) is 23.6 Å². The first-order valence-electron chi connectivity index (χ1n) is 12.5. The van der Waals surface area contributed by atoms with E-state index in [1.54, 1.807) is 37.3 Å². The number of aromatic nitrogens is 3. The number of nitrogens with zero attached hydrogens (tertiary/aromatic N) is 3. The number of nitrogens with one attached hydrogen (secondary N) is 2. The third-order valence-corrected chi connectivity index (χ3v) is 7.04. The van der Waals surface area contributed by atoms with Gasteiger partial charge in [-0.05, 0) is 78.8 Å². The van der Waals surface area contributed by atoms with Gasteiger partial charge in [-0.15, -0.1) is 0 Å². The molecule has 13 heteroatoms. The second-order valence-electron chi connectivity index (χ2n) is 9.59. The predicted molar refractivity (Wildman–Crippen MR) is 162 cm³/mol. The number of pyridine rings is 1. The first-order chi connectivity index (χ1) is 19.3. The molecule has 1 amide bonds. The fourth-order valence-electron chi connectivity index (χ4n) is 4.50. The molecule has 214 valence electrons. The lowest BCUT2D eigenvalue weighted by atomic mass is 10.1. The normalized spacial score (nSPS) is 12.4. The SMILES string of the molecule is CC(=O)Nc1cccc(-n2c(=O)n(C3CC3)c(=O)c3c(Nc4ccc(I)cc4F)n(C)c(=O)c(C)c32)c1.CC(=O)O. The molecule has 0 aliphatic heterocycles. The Morgan fingerprint density at radius 2 is 1.71 bits per heavy atom. The van der Waals surface area contributed by atoms with Crippen molar-refractivity contribution in [1.29, 1.82) is 0 Å². The fourth-order valence-corrected chi connectivity index (χ4v) is 4.95.